The fraction of sp³-hybridized carbons (Fsp3) is 0.167. The summed E-state index contributed by atoms with van der Waals surface area (Å²) >= 11 is 0. The Bertz CT molecular complexity index is 812. The average molecular weight is 273 g/mol. The highest BCUT2D eigenvalue weighted by molar-refractivity contribution is 5.95. The molecule has 2 heterocycles. The van der Waals surface area contributed by atoms with Crippen LogP contribution in [-0.2, 0) is 0 Å². The highest BCUT2D eigenvalue weighted by Gasteiger charge is 2.13. The molecule has 3 rings (SSSR count). The molecule has 2 aromatic heterocycles. The molecule has 0 spiro atoms. The Morgan fingerprint density at radius 1 is 1.20 bits per heavy atom. The fourth-order valence-corrected chi connectivity index (χ4v) is 2.10. The van der Waals surface area contributed by atoms with Crippen LogP contribution in [0.1, 0.15) is 5.56 Å². The standard InChI is InChI=1S/C12H11N5O3/c1-19-10-4-7-3-8(6-13-18)12-14-15-16-17(12)9(7)5-11(10)20-2/h3-6,18H,1-2H3/b13-6-. The molecule has 0 radical (unpaired) electrons. The monoisotopic (exact) mass is 273 g/mol. The molecular weight excluding hydrogens is 262 g/mol. The van der Waals surface area contributed by atoms with Crippen molar-refractivity contribution >= 4 is 22.8 Å². The van der Waals surface area contributed by atoms with Crippen LogP contribution in [0.15, 0.2) is 23.4 Å². The molecule has 8 heteroatoms. The van der Waals surface area contributed by atoms with Gasteiger partial charge in [-0.15, -0.1) is 5.10 Å². The number of benzene rings is 1. The van der Waals surface area contributed by atoms with Gasteiger partial charge in [-0.05, 0) is 22.6 Å². The first-order valence-corrected chi connectivity index (χ1v) is 5.72. The lowest BCUT2D eigenvalue weighted by molar-refractivity contribution is 0.322. The van der Waals surface area contributed by atoms with E-state index in [9.17, 15) is 0 Å². The molecule has 102 valence electrons. The van der Waals surface area contributed by atoms with Crippen molar-refractivity contribution in [3.63, 3.8) is 0 Å². The summed E-state index contributed by atoms with van der Waals surface area (Å²) in [7, 11) is 3.13. The molecule has 0 fully saturated rings. The molecule has 0 saturated carbocycles. The molecule has 8 nitrogen and oxygen atoms in total. The third-order valence-corrected chi connectivity index (χ3v) is 3.00. The van der Waals surface area contributed by atoms with E-state index >= 15 is 0 Å². The van der Waals surface area contributed by atoms with Crippen LogP contribution in [0.2, 0.25) is 0 Å². The summed E-state index contributed by atoms with van der Waals surface area (Å²) in [6, 6.07) is 5.41. The Hall–Kier alpha value is -2.90. The van der Waals surface area contributed by atoms with E-state index in [-0.39, 0.29) is 0 Å². The van der Waals surface area contributed by atoms with Gasteiger partial charge in [0.1, 0.15) is 0 Å². The van der Waals surface area contributed by atoms with Crippen molar-refractivity contribution in [3.05, 3.63) is 23.8 Å². The molecule has 0 amide bonds. The number of hydrogen-bond donors (Lipinski definition) is 1. The Kier molecular flexibility index (Phi) is 2.82. The van der Waals surface area contributed by atoms with E-state index in [1.54, 1.807) is 24.8 Å². The van der Waals surface area contributed by atoms with E-state index in [4.69, 9.17) is 14.7 Å². The summed E-state index contributed by atoms with van der Waals surface area (Å²) in [5.41, 5.74) is 1.84. The van der Waals surface area contributed by atoms with Crippen LogP contribution >= 0.6 is 0 Å². The van der Waals surface area contributed by atoms with Crippen LogP contribution in [0.5, 0.6) is 11.5 Å². The van der Waals surface area contributed by atoms with Crippen molar-refractivity contribution in [2.45, 2.75) is 0 Å². The van der Waals surface area contributed by atoms with Crippen LogP contribution in [0, 0.1) is 0 Å². The Morgan fingerprint density at radius 2 is 1.95 bits per heavy atom. The first-order valence-electron chi connectivity index (χ1n) is 5.72. The fourth-order valence-electron chi connectivity index (χ4n) is 2.10. The van der Waals surface area contributed by atoms with Crippen LogP contribution in [0.25, 0.3) is 16.6 Å². The maximum Gasteiger partial charge on any atom is 0.188 e. The number of fused-ring (bicyclic) bond motifs is 3. The second kappa shape index (κ2) is 4.65. The second-order valence-electron chi connectivity index (χ2n) is 4.02. The van der Waals surface area contributed by atoms with Gasteiger partial charge >= 0.3 is 0 Å². The predicted molar refractivity (Wildman–Crippen MR) is 70.8 cm³/mol. The zero-order chi connectivity index (χ0) is 14.1. The van der Waals surface area contributed by atoms with Crippen molar-refractivity contribution in [1.29, 1.82) is 0 Å². The number of oxime groups is 1. The number of pyridine rings is 1. The van der Waals surface area contributed by atoms with E-state index in [2.05, 4.69) is 20.7 Å². The first kappa shape index (κ1) is 12.2. The number of methoxy groups -OCH3 is 2. The van der Waals surface area contributed by atoms with Gasteiger partial charge in [0.05, 0.1) is 26.0 Å². The van der Waals surface area contributed by atoms with Crippen LogP contribution in [-0.4, -0.2) is 45.7 Å². The Balaban J connectivity index is 2.43. The maximum atomic E-state index is 8.72. The average Bonchev–Trinajstić information content (AvgIpc) is 2.96. The smallest absolute Gasteiger partial charge is 0.188 e. The lowest BCUT2D eigenvalue weighted by Gasteiger charge is -2.10. The summed E-state index contributed by atoms with van der Waals surface area (Å²) < 4.78 is 12.1. The molecule has 0 atom stereocenters. The van der Waals surface area contributed by atoms with Crippen molar-refractivity contribution in [2.75, 3.05) is 14.2 Å². The van der Waals surface area contributed by atoms with Crippen LogP contribution in [0.3, 0.4) is 0 Å². The number of ether oxygens (including phenoxy) is 2. The molecule has 0 aliphatic heterocycles. The summed E-state index contributed by atoms with van der Waals surface area (Å²) in [5.74, 6) is 1.18. The topological polar surface area (TPSA) is 94.1 Å². The predicted octanol–water partition coefficient (Wildman–Crippen LogP) is 1.10. The van der Waals surface area contributed by atoms with Crippen LogP contribution in [0.4, 0.5) is 0 Å². The van der Waals surface area contributed by atoms with Gasteiger partial charge in [-0.2, -0.15) is 4.52 Å². The lowest BCUT2D eigenvalue weighted by atomic mass is 10.1. The van der Waals surface area contributed by atoms with E-state index in [0.29, 0.717) is 22.7 Å². The third kappa shape index (κ3) is 1.69. The largest absolute Gasteiger partial charge is 0.493 e. The second-order valence-corrected chi connectivity index (χ2v) is 4.02. The summed E-state index contributed by atoms with van der Waals surface area (Å²) in [6.07, 6.45) is 1.28. The van der Waals surface area contributed by atoms with Gasteiger partial charge in [-0.3, -0.25) is 0 Å². The summed E-state index contributed by atoms with van der Waals surface area (Å²) in [5, 5.41) is 24.1. The van der Waals surface area contributed by atoms with Crippen molar-refractivity contribution in [1.82, 2.24) is 20.0 Å². The number of nitrogens with zero attached hydrogens (tertiary/aromatic N) is 5. The lowest BCUT2D eigenvalue weighted by Crippen LogP contribution is -1.98. The minimum atomic E-state index is 0.488. The van der Waals surface area contributed by atoms with E-state index < -0.39 is 0 Å². The normalized spacial score (nSPS) is 11.5. The molecule has 0 saturated heterocycles. The first-order chi connectivity index (χ1) is 9.78. The Labute approximate surface area is 113 Å². The maximum absolute atomic E-state index is 8.72. The third-order valence-electron chi connectivity index (χ3n) is 3.00. The molecule has 0 aliphatic rings. The van der Waals surface area contributed by atoms with Gasteiger partial charge in [0, 0.05) is 17.0 Å². The van der Waals surface area contributed by atoms with E-state index in [1.165, 1.54) is 6.21 Å². The van der Waals surface area contributed by atoms with Gasteiger partial charge < -0.3 is 14.7 Å². The summed E-state index contributed by atoms with van der Waals surface area (Å²) in [4.78, 5) is 0. The molecule has 20 heavy (non-hydrogen) atoms. The van der Waals surface area contributed by atoms with Gasteiger partial charge in [0.2, 0.25) is 0 Å². The number of rotatable bonds is 3. The molecule has 1 aromatic carbocycles. The minimum absolute atomic E-state index is 0.488. The molecule has 1 N–H and O–H groups in total. The van der Waals surface area contributed by atoms with Gasteiger partial charge in [0.25, 0.3) is 0 Å². The van der Waals surface area contributed by atoms with E-state index in [1.807, 2.05) is 12.1 Å². The Morgan fingerprint density at radius 3 is 2.65 bits per heavy atom. The number of tetrazole rings is 1. The SMILES string of the molecule is COc1cc2cc(/C=N\O)c3nnnn3c2cc1OC. The van der Waals surface area contributed by atoms with Gasteiger partial charge in [0.15, 0.2) is 17.1 Å². The molecule has 0 aliphatic carbocycles. The van der Waals surface area contributed by atoms with Crippen molar-refractivity contribution in [3.8, 4) is 11.5 Å². The molecule has 0 bridgehead atoms. The number of aromatic nitrogens is 4. The van der Waals surface area contributed by atoms with E-state index in [0.717, 1.165) is 10.9 Å². The molecule has 3 aromatic rings. The van der Waals surface area contributed by atoms with Gasteiger partial charge in [-0.25, -0.2) is 0 Å². The van der Waals surface area contributed by atoms with Gasteiger partial charge in [-0.1, -0.05) is 5.16 Å². The number of hydrogen-bond acceptors (Lipinski definition) is 7. The minimum Gasteiger partial charge on any atom is -0.493 e. The zero-order valence-electron chi connectivity index (χ0n) is 10.8. The molecule has 0 unspecified atom stereocenters. The zero-order valence-corrected chi connectivity index (χ0v) is 10.8. The highest BCUT2D eigenvalue weighted by atomic mass is 16.5. The van der Waals surface area contributed by atoms with Crippen molar-refractivity contribution in [2.24, 2.45) is 5.16 Å². The van der Waals surface area contributed by atoms with Crippen molar-refractivity contribution < 1.29 is 14.7 Å². The quantitative estimate of drug-likeness (QED) is 0.436. The summed E-state index contributed by atoms with van der Waals surface area (Å²) in [6.45, 7) is 0. The van der Waals surface area contributed by atoms with Crippen LogP contribution < -0.4 is 9.47 Å². The highest BCUT2D eigenvalue weighted by Crippen LogP contribution is 2.32. The molecular formula is C12H11N5O3.